The molecule has 0 fully saturated rings. The molecule has 1 aromatic heterocycles. The zero-order valence-corrected chi connectivity index (χ0v) is 11.7. The number of hydrogen-bond acceptors (Lipinski definition) is 4. The molecule has 1 heterocycles. The predicted molar refractivity (Wildman–Crippen MR) is 76.8 cm³/mol. The van der Waals surface area contributed by atoms with Crippen molar-refractivity contribution in [3.05, 3.63) is 46.5 Å². The molecule has 5 nitrogen and oxygen atoms in total. The Morgan fingerprint density at radius 1 is 1.20 bits per heavy atom. The molecule has 0 atom stereocenters. The van der Waals surface area contributed by atoms with E-state index in [0.29, 0.717) is 31.3 Å². The number of benzene rings is 1. The quantitative estimate of drug-likeness (QED) is 0.878. The van der Waals surface area contributed by atoms with Gasteiger partial charge in [-0.15, -0.1) is 0 Å². The van der Waals surface area contributed by atoms with Crippen molar-refractivity contribution in [1.82, 2.24) is 9.97 Å². The Bertz CT molecular complexity index is 623. The molecule has 0 spiro atoms. The molecule has 1 aromatic carbocycles. The Labute approximate surface area is 117 Å². The normalized spacial score (nSPS) is 10.5. The summed E-state index contributed by atoms with van der Waals surface area (Å²) >= 11 is 0. The van der Waals surface area contributed by atoms with Gasteiger partial charge < -0.3 is 14.5 Å². The van der Waals surface area contributed by atoms with Gasteiger partial charge in [-0.2, -0.15) is 0 Å². The minimum Gasteiger partial charge on any atom is -0.494 e. The first kappa shape index (κ1) is 14.3. The van der Waals surface area contributed by atoms with Crippen molar-refractivity contribution in [3.8, 4) is 17.0 Å². The lowest BCUT2D eigenvalue weighted by molar-refractivity contribution is 0.128. The number of nitrogens with one attached hydrogen (secondary N) is 1. The summed E-state index contributed by atoms with van der Waals surface area (Å²) in [6, 6.07) is 9.00. The van der Waals surface area contributed by atoms with Gasteiger partial charge in [-0.3, -0.25) is 4.79 Å². The summed E-state index contributed by atoms with van der Waals surface area (Å²) in [6.45, 7) is 5.30. The number of hydrogen-bond donors (Lipinski definition) is 1. The summed E-state index contributed by atoms with van der Waals surface area (Å²) in [5.41, 5.74) is 1.27. The van der Waals surface area contributed by atoms with E-state index in [9.17, 15) is 4.79 Å². The van der Waals surface area contributed by atoms with E-state index in [2.05, 4.69) is 9.97 Å². The average molecular weight is 274 g/mol. The maximum absolute atomic E-state index is 11.7. The highest BCUT2D eigenvalue weighted by atomic mass is 16.5. The van der Waals surface area contributed by atoms with Crippen molar-refractivity contribution in [3.63, 3.8) is 0 Å². The van der Waals surface area contributed by atoms with Gasteiger partial charge in [-0.05, 0) is 26.0 Å². The van der Waals surface area contributed by atoms with Crippen LogP contribution in [0.25, 0.3) is 11.3 Å². The first-order valence-electron chi connectivity index (χ1n) is 6.64. The Morgan fingerprint density at radius 3 is 2.80 bits per heavy atom. The zero-order valence-electron chi connectivity index (χ0n) is 11.7. The molecule has 0 aliphatic heterocycles. The van der Waals surface area contributed by atoms with Crippen molar-refractivity contribution in [2.45, 2.75) is 20.5 Å². The smallest absolute Gasteiger partial charge is 0.251 e. The van der Waals surface area contributed by atoms with Crippen molar-refractivity contribution in [2.24, 2.45) is 0 Å². The number of ether oxygens (including phenoxy) is 2. The second kappa shape index (κ2) is 6.86. The largest absolute Gasteiger partial charge is 0.494 e. The minimum atomic E-state index is -0.188. The Hall–Kier alpha value is -2.14. The SMILES string of the molecule is CCOCc1nc(-c2cccc(OCC)c2)cc(=O)[nH]1. The Morgan fingerprint density at radius 2 is 2.05 bits per heavy atom. The summed E-state index contributed by atoms with van der Waals surface area (Å²) in [4.78, 5) is 18.8. The molecule has 106 valence electrons. The average Bonchev–Trinajstić information content (AvgIpc) is 2.45. The van der Waals surface area contributed by atoms with Gasteiger partial charge in [0.1, 0.15) is 18.2 Å². The van der Waals surface area contributed by atoms with Gasteiger partial charge in [0.05, 0.1) is 12.3 Å². The van der Waals surface area contributed by atoms with E-state index >= 15 is 0 Å². The molecule has 0 saturated heterocycles. The van der Waals surface area contributed by atoms with Crippen LogP contribution in [-0.2, 0) is 11.3 Å². The lowest BCUT2D eigenvalue weighted by Crippen LogP contribution is -2.12. The molecule has 1 N–H and O–H groups in total. The van der Waals surface area contributed by atoms with E-state index in [1.807, 2.05) is 38.1 Å². The van der Waals surface area contributed by atoms with Gasteiger partial charge in [-0.1, -0.05) is 12.1 Å². The fourth-order valence-corrected chi connectivity index (χ4v) is 1.83. The highest BCUT2D eigenvalue weighted by molar-refractivity contribution is 5.60. The predicted octanol–water partition coefficient (Wildman–Crippen LogP) is 2.37. The highest BCUT2D eigenvalue weighted by Crippen LogP contribution is 2.21. The molecule has 20 heavy (non-hydrogen) atoms. The molecular formula is C15H18N2O3. The fourth-order valence-electron chi connectivity index (χ4n) is 1.83. The minimum absolute atomic E-state index is 0.188. The second-order valence-electron chi connectivity index (χ2n) is 4.18. The van der Waals surface area contributed by atoms with Crippen LogP contribution >= 0.6 is 0 Å². The van der Waals surface area contributed by atoms with Gasteiger partial charge in [-0.25, -0.2) is 4.98 Å². The van der Waals surface area contributed by atoms with Crippen LogP contribution < -0.4 is 10.3 Å². The van der Waals surface area contributed by atoms with Gasteiger partial charge >= 0.3 is 0 Å². The summed E-state index contributed by atoms with van der Waals surface area (Å²) in [6.07, 6.45) is 0. The van der Waals surface area contributed by atoms with Gasteiger partial charge in [0.2, 0.25) is 0 Å². The lowest BCUT2D eigenvalue weighted by atomic mass is 10.1. The number of aromatic amines is 1. The van der Waals surface area contributed by atoms with E-state index in [0.717, 1.165) is 11.3 Å². The van der Waals surface area contributed by atoms with Gasteiger partial charge in [0.25, 0.3) is 5.56 Å². The Kier molecular flexibility index (Phi) is 4.90. The molecular weight excluding hydrogens is 256 g/mol. The molecule has 0 amide bonds. The number of H-pyrrole nitrogens is 1. The first-order chi connectivity index (χ1) is 9.72. The summed E-state index contributed by atoms with van der Waals surface area (Å²) in [5.74, 6) is 1.29. The first-order valence-corrected chi connectivity index (χ1v) is 6.64. The van der Waals surface area contributed by atoms with E-state index in [4.69, 9.17) is 9.47 Å². The highest BCUT2D eigenvalue weighted by Gasteiger charge is 2.05. The molecule has 0 aliphatic rings. The van der Waals surface area contributed by atoms with E-state index < -0.39 is 0 Å². The number of nitrogens with zero attached hydrogens (tertiary/aromatic N) is 1. The van der Waals surface area contributed by atoms with Crippen LogP contribution in [0.2, 0.25) is 0 Å². The summed E-state index contributed by atoms with van der Waals surface area (Å²) in [5, 5.41) is 0. The zero-order chi connectivity index (χ0) is 14.4. The van der Waals surface area contributed by atoms with Gasteiger partial charge in [0.15, 0.2) is 0 Å². The van der Waals surface area contributed by atoms with Crippen LogP contribution in [0.3, 0.4) is 0 Å². The number of rotatable bonds is 6. The maximum Gasteiger partial charge on any atom is 0.251 e. The lowest BCUT2D eigenvalue weighted by Gasteiger charge is -2.07. The Balaban J connectivity index is 2.33. The summed E-state index contributed by atoms with van der Waals surface area (Å²) in [7, 11) is 0. The standard InChI is InChI=1S/C15H18N2O3/c1-3-19-10-14-16-13(9-15(18)17-14)11-6-5-7-12(8-11)20-4-2/h5-9H,3-4,10H2,1-2H3,(H,16,17,18). The molecule has 5 heteroatoms. The topological polar surface area (TPSA) is 64.2 Å². The van der Waals surface area contributed by atoms with Crippen molar-refractivity contribution < 1.29 is 9.47 Å². The molecule has 0 saturated carbocycles. The molecule has 0 bridgehead atoms. The third-order valence-electron chi connectivity index (χ3n) is 2.67. The van der Waals surface area contributed by atoms with E-state index in [-0.39, 0.29) is 5.56 Å². The third-order valence-corrected chi connectivity index (χ3v) is 2.67. The molecule has 0 aliphatic carbocycles. The third kappa shape index (κ3) is 3.68. The molecule has 0 radical (unpaired) electrons. The molecule has 0 unspecified atom stereocenters. The van der Waals surface area contributed by atoms with Crippen molar-refractivity contribution in [2.75, 3.05) is 13.2 Å². The molecule has 2 aromatic rings. The fraction of sp³-hybridized carbons (Fsp3) is 0.333. The van der Waals surface area contributed by atoms with Crippen molar-refractivity contribution in [1.29, 1.82) is 0 Å². The molecule has 2 rings (SSSR count). The van der Waals surface area contributed by atoms with E-state index in [1.165, 1.54) is 6.07 Å². The van der Waals surface area contributed by atoms with Crippen LogP contribution in [-0.4, -0.2) is 23.2 Å². The maximum atomic E-state index is 11.7. The van der Waals surface area contributed by atoms with Crippen LogP contribution in [0.15, 0.2) is 35.1 Å². The van der Waals surface area contributed by atoms with Crippen LogP contribution in [0, 0.1) is 0 Å². The van der Waals surface area contributed by atoms with Crippen molar-refractivity contribution >= 4 is 0 Å². The van der Waals surface area contributed by atoms with Crippen LogP contribution in [0.5, 0.6) is 5.75 Å². The van der Waals surface area contributed by atoms with Gasteiger partial charge in [0, 0.05) is 18.2 Å². The van der Waals surface area contributed by atoms with E-state index in [1.54, 1.807) is 0 Å². The number of aromatic nitrogens is 2. The monoisotopic (exact) mass is 274 g/mol. The van der Waals surface area contributed by atoms with Crippen LogP contribution in [0.4, 0.5) is 0 Å². The second-order valence-corrected chi connectivity index (χ2v) is 4.18. The summed E-state index contributed by atoms with van der Waals surface area (Å²) < 4.78 is 10.7. The van der Waals surface area contributed by atoms with Crippen LogP contribution in [0.1, 0.15) is 19.7 Å².